The highest BCUT2D eigenvalue weighted by molar-refractivity contribution is 7.14. The maximum Gasteiger partial charge on any atom is 0.265 e. The summed E-state index contributed by atoms with van der Waals surface area (Å²) < 4.78 is 4.96. The van der Waals surface area contributed by atoms with Crippen molar-refractivity contribution in [3.8, 4) is 5.88 Å². The first-order valence-corrected chi connectivity index (χ1v) is 6.30. The van der Waals surface area contributed by atoms with E-state index in [1.54, 1.807) is 25.4 Å². The summed E-state index contributed by atoms with van der Waals surface area (Å²) in [6.45, 7) is 4.00. The second-order valence-electron chi connectivity index (χ2n) is 3.89. The first kappa shape index (κ1) is 12.6. The number of methoxy groups -OCH3 is 1. The molecule has 0 unspecified atom stereocenters. The number of ether oxygens (including phenoxy) is 1. The Bertz CT molecular complexity index is 541. The summed E-state index contributed by atoms with van der Waals surface area (Å²) in [5, 5.41) is 2.80. The Morgan fingerprint density at radius 1 is 1.39 bits per heavy atom. The monoisotopic (exact) mass is 262 g/mol. The molecule has 1 N–H and O–H groups in total. The highest BCUT2D eigenvalue weighted by Crippen LogP contribution is 2.21. The third-order valence-corrected chi connectivity index (χ3v) is 3.74. The molecule has 1 amide bonds. The minimum absolute atomic E-state index is 0.108. The number of nitrogens with zero attached hydrogens (tertiary/aromatic N) is 1. The number of thiophene rings is 1. The van der Waals surface area contributed by atoms with E-state index < -0.39 is 0 Å². The lowest BCUT2D eigenvalue weighted by Gasteiger charge is -2.03. The molecule has 18 heavy (non-hydrogen) atoms. The van der Waals surface area contributed by atoms with E-state index >= 15 is 0 Å². The van der Waals surface area contributed by atoms with Crippen LogP contribution in [0.1, 0.15) is 20.1 Å². The lowest BCUT2D eigenvalue weighted by atomic mass is 10.3. The van der Waals surface area contributed by atoms with Crippen LogP contribution >= 0.6 is 11.3 Å². The van der Waals surface area contributed by atoms with Crippen LogP contribution in [0, 0.1) is 13.8 Å². The SMILES string of the molecule is COc1ccc(NC(=O)c2cc(C)c(C)s2)cn1. The zero-order chi connectivity index (χ0) is 13.1. The number of amides is 1. The number of hydrogen-bond acceptors (Lipinski definition) is 4. The average Bonchev–Trinajstić information content (AvgIpc) is 2.71. The summed E-state index contributed by atoms with van der Waals surface area (Å²) in [5.41, 5.74) is 1.79. The number of aryl methyl sites for hydroxylation is 2. The van der Waals surface area contributed by atoms with Crippen LogP contribution in [0.2, 0.25) is 0 Å². The van der Waals surface area contributed by atoms with Gasteiger partial charge in [0.25, 0.3) is 5.91 Å². The molecule has 0 aromatic carbocycles. The molecule has 0 aliphatic heterocycles. The minimum Gasteiger partial charge on any atom is -0.481 e. The maximum atomic E-state index is 12.0. The van der Waals surface area contributed by atoms with Crippen molar-refractivity contribution in [3.05, 3.63) is 39.7 Å². The molecule has 0 atom stereocenters. The van der Waals surface area contributed by atoms with Gasteiger partial charge in [-0.2, -0.15) is 0 Å². The summed E-state index contributed by atoms with van der Waals surface area (Å²) in [4.78, 5) is 17.9. The van der Waals surface area contributed by atoms with E-state index in [1.807, 2.05) is 19.9 Å². The number of carbonyl (C=O) groups excluding carboxylic acids is 1. The number of hydrogen-bond donors (Lipinski definition) is 1. The molecular formula is C13H14N2O2S. The number of aromatic nitrogens is 1. The standard InChI is InChI=1S/C13H14N2O2S/c1-8-6-11(18-9(8)2)13(16)15-10-4-5-12(17-3)14-7-10/h4-7H,1-3H3,(H,15,16). The van der Waals surface area contributed by atoms with Crippen molar-refractivity contribution in [1.29, 1.82) is 0 Å². The predicted molar refractivity (Wildman–Crippen MR) is 72.5 cm³/mol. The van der Waals surface area contributed by atoms with Gasteiger partial charge >= 0.3 is 0 Å². The molecule has 0 saturated heterocycles. The van der Waals surface area contributed by atoms with E-state index in [-0.39, 0.29) is 5.91 Å². The van der Waals surface area contributed by atoms with Gasteiger partial charge in [-0.25, -0.2) is 4.98 Å². The largest absolute Gasteiger partial charge is 0.481 e. The van der Waals surface area contributed by atoms with Crippen LogP contribution in [0.4, 0.5) is 5.69 Å². The summed E-state index contributed by atoms with van der Waals surface area (Å²) in [6, 6.07) is 5.36. The van der Waals surface area contributed by atoms with Crippen LogP contribution in [0.15, 0.2) is 24.4 Å². The van der Waals surface area contributed by atoms with Gasteiger partial charge in [0.05, 0.1) is 23.9 Å². The van der Waals surface area contributed by atoms with E-state index in [0.29, 0.717) is 16.4 Å². The van der Waals surface area contributed by atoms with E-state index in [1.165, 1.54) is 11.3 Å². The fourth-order valence-corrected chi connectivity index (χ4v) is 2.38. The Morgan fingerprint density at radius 2 is 2.17 bits per heavy atom. The number of anilines is 1. The lowest BCUT2D eigenvalue weighted by Crippen LogP contribution is -2.10. The summed E-state index contributed by atoms with van der Waals surface area (Å²) in [7, 11) is 1.55. The van der Waals surface area contributed by atoms with Gasteiger partial charge in [-0.1, -0.05) is 0 Å². The van der Waals surface area contributed by atoms with Gasteiger partial charge in [-0.3, -0.25) is 4.79 Å². The predicted octanol–water partition coefficient (Wildman–Crippen LogP) is 3.02. The highest BCUT2D eigenvalue weighted by atomic mass is 32.1. The molecule has 2 heterocycles. The molecule has 0 bridgehead atoms. The number of rotatable bonds is 3. The maximum absolute atomic E-state index is 12.0. The highest BCUT2D eigenvalue weighted by Gasteiger charge is 2.10. The van der Waals surface area contributed by atoms with E-state index in [9.17, 15) is 4.79 Å². The Labute approximate surface area is 110 Å². The van der Waals surface area contributed by atoms with E-state index in [4.69, 9.17) is 4.74 Å². The van der Waals surface area contributed by atoms with Crippen molar-refractivity contribution in [2.24, 2.45) is 0 Å². The van der Waals surface area contributed by atoms with E-state index in [0.717, 1.165) is 10.4 Å². The second kappa shape index (κ2) is 5.18. The van der Waals surface area contributed by atoms with Crippen molar-refractivity contribution >= 4 is 22.9 Å². The van der Waals surface area contributed by atoms with Crippen molar-refractivity contribution < 1.29 is 9.53 Å². The van der Waals surface area contributed by atoms with Crippen molar-refractivity contribution in [3.63, 3.8) is 0 Å². The zero-order valence-corrected chi connectivity index (χ0v) is 11.3. The van der Waals surface area contributed by atoms with Crippen LogP contribution in [-0.2, 0) is 0 Å². The van der Waals surface area contributed by atoms with Crippen LogP contribution in [0.3, 0.4) is 0 Å². The molecule has 94 valence electrons. The molecule has 0 saturated carbocycles. The summed E-state index contributed by atoms with van der Waals surface area (Å²) in [5.74, 6) is 0.416. The third-order valence-electron chi connectivity index (χ3n) is 2.59. The normalized spacial score (nSPS) is 10.2. The Hall–Kier alpha value is -1.88. The lowest BCUT2D eigenvalue weighted by molar-refractivity contribution is 0.103. The van der Waals surface area contributed by atoms with Crippen LogP contribution in [0.25, 0.3) is 0 Å². The molecule has 0 spiro atoms. The molecule has 0 aliphatic carbocycles. The van der Waals surface area contributed by atoms with Crippen LogP contribution < -0.4 is 10.1 Å². The summed E-state index contributed by atoms with van der Waals surface area (Å²) in [6.07, 6.45) is 1.57. The smallest absolute Gasteiger partial charge is 0.265 e. The van der Waals surface area contributed by atoms with Gasteiger partial charge in [-0.15, -0.1) is 11.3 Å². The first-order chi connectivity index (χ1) is 8.60. The molecule has 2 aromatic heterocycles. The zero-order valence-electron chi connectivity index (χ0n) is 10.5. The quantitative estimate of drug-likeness (QED) is 0.925. The van der Waals surface area contributed by atoms with Crippen LogP contribution in [-0.4, -0.2) is 18.0 Å². The molecular weight excluding hydrogens is 248 g/mol. The first-order valence-electron chi connectivity index (χ1n) is 5.48. The average molecular weight is 262 g/mol. The summed E-state index contributed by atoms with van der Waals surface area (Å²) >= 11 is 1.49. The number of pyridine rings is 1. The van der Waals surface area contributed by atoms with Crippen molar-refractivity contribution in [1.82, 2.24) is 4.98 Å². The third kappa shape index (κ3) is 2.68. The topological polar surface area (TPSA) is 51.2 Å². The van der Waals surface area contributed by atoms with E-state index in [2.05, 4.69) is 10.3 Å². The Kier molecular flexibility index (Phi) is 3.62. The fourth-order valence-electron chi connectivity index (χ4n) is 1.45. The van der Waals surface area contributed by atoms with Gasteiger partial charge in [-0.05, 0) is 31.5 Å². The number of carbonyl (C=O) groups is 1. The van der Waals surface area contributed by atoms with Gasteiger partial charge in [0.1, 0.15) is 0 Å². The fraction of sp³-hybridized carbons (Fsp3) is 0.231. The Morgan fingerprint density at radius 3 is 2.67 bits per heavy atom. The molecule has 0 fully saturated rings. The molecule has 2 rings (SSSR count). The van der Waals surface area contributed by atoms with Crippen LogP contribution in [0.5, 0.6) is 5.88 Å². The molecule has 0 aliphatic rings. The molecule has 0 radical (unpaired) electrons. The molecule has 5 heteroatoms. The molecule has 4 nitrogen and oxygen atoms in total. The molecule has 2 aromatic rings. The van der Waals surface area contributed by atoms with Gasteiger partial charge in [0.2, 0.25) is 5.88 Å². The van der Waals surface area contributed by atoms with Crippen molar-refractivity contribution in [2.45, 2.75) is 13.8 Å². The van der Waals surface area contributed by atoms with Gasteiger partial charge in [0, 0.05) is 10.9 Å². The minimum atomic E-state index is -0.108. The second-order valence-corrected chi connectivity index (χ2v) is 5.15. The van der Waals surface area contributed by atoms with Gasteiger partial charge in [0.15, 0.2) is 0 Å². The Balaban J connectivity index is 2.10. The number of nitrogens with one attached hydrogen (secondary N) is 1. The van der Waals surface area contributed by atoms with Crippen molar-refractivity contribution in [2.75, 3.05) is 12.4 Å². The van der Waals surface area contributed by atoms with Gasteiger partial charge < -0.3 is 10.1 Å².